The predicted octanol–water partition coefficient (Wildman–Crippen LogP) is 0.0451. The molecule has 0 aromatic carbocycles. The van der Waals surface area contributed by atoms with Gasteiger partial charge in [-0.3, -0.25) is 9.57 Å². The van der Waals surface area contributed by atoms with E-state index in [2.05, 4.69) is 0 Å². The monoisotopic (exact) mass is 280 g/mol. The van der Waals surface area contributed by atoms with Crippen molar-refractivity contribution in [2.75, 3.05) is 24.0 Å². The highest BCUT2D eigenvalue weighted by Crippen LogP contribution is 2.29. The number of rotatable bonds is 8. The first kappa shape index (κ1) is 16.5. The molecular weight excluding hydrogens is 260 g/mol. The number of hydrogen-bond acceptors (Lipinski definition) is 6. The smallest absolute Gasteiger partial charge is 0.170 e. The lowest BCUT2D eigenvalue weighted by atomic mass is 10.4. The summed E-state index contributed by atoms with van der Waals surface area (Å²) in [6.07, 6.45) is 4.80. The molecular formula is C10H20N2O3S2. The van der Waals surface area contributed by atoms with Gasteiger partial charge >= 0.3 is 0 Å². The number of hydrogen-bond donors (Lipinski definition) is 3. The van der Waals surface area contributed by atoms with Crippen molar-refractivity contribution in [2.45, 2.75) is 17.9 Å². The molecule has 7 heteroatoms. The first-order valence-electron chi connectivity index (χ1n) is 5.04. The lowest BCUT2D eigenvalue weighted by molar-refractivity contribution is 0.253. The summed E-state index contributed by atoms with van der Waals surface area (Å²) in [5, 5.41) is 10.0. The Morgan fingerprint density at radius 3 is 2.65 bits per heavy atom. The Morgan fingerprint density at radius 2 is 2.24 bits per heavy atom. The van der Waals surface area contributed by atoms with Crippen LogP contribution in [0.15, 0.2) is 6.08 Å². The van der Waals surface area contributed by atoms with E-state index in [0.29, 0.717) is 17.8 Å². The molecule has 100 valence electrons. The van der Waals surface area contributed by atoms with Crippen LogP contribution in [0.3, 0.4) is 0 Å². The molecule has 0 aliphatic rings. The van der Waals surface area contributed by atoms with Crippen LogP contribution in [0.4, 0.5) is 0 Å². The fourth-order valence-electron chi connectivity index (χ4n) is 1.41. The molecule has 17 heavy (non-hydrogen) atoms. The maximum Gasteiger partial charge on any atom is 0.170 e. The number of nitrogens with one attached hydrogen (secondary N) is 1. The van der Waals surface area contributed by atoms with Crippen LogP contribution in [0, 0.1) is 4.78 Å². The Kier molecular flexibility index (Phi) is 6.29. The molecule has 0 heterocycles. The number of aliphatic hydroxyl groups excluding tert-OH is 1. The van der Waals surface area contributed by atoms with Gasteiger partial charge < -0.3 is 10.8 Å². The molecule has 0 aliphatic heterocycles. The van der Waals surface area contributed by atoms with E-state index in [1.807, 2.05) is 6.26 Å². The average Bonchev–Trinajstić information content (AvgIpc) is 2.26. The fourth-order valence-corrected chi connectivity index (χ4v) is 4.34. The largest absolute Gasteiger partial charge is 0.383 e. The summed E-state index contributed by atoms with van der Waals surface area (Å²) >= 11 is 1.54. The molecule has 0 saturated carbocycles. The first-order chi connectivity index (χ1) is 7.79. The minimum Gasteiger partial charge on any atom is -0.383 e. The van der Waals surface area contributed by atoms with Crippen molar-refractivity contribution >= 4 is 32.3 Å². The lowest BCUT2D eigenvalue weighted by Crippen LogP contribution is -2.51. The minimum absolute atomic E-state index is 0.00844. The second kappa shape index (κ2) is 6.47. The third-order valence-electron chi connectivity index (χ3n) is 2.51. The van der Waals surface area contributed by atoms with Crippen molar-refractivity contribution in [1.29, 1.82) is 4.78 Å². The van der Waals surface area contributed by atoms with Crippen molar-refractivity contribution < 1.29 is 14.7 Å². The van der Waals surface area contributed by atoms with Gasteiger partial charge in [0.05, 0.1) is 5.44 Å². The molecule has 0 rings (SSSR count). The summed E-state index contributed by atoms with van der Waals surface area (Å²) in [4.78, 5) is 21.4. The van der Waals surface area contributed by atoms with Gasteiger partial charge in [-0.1, -0.05) is 0 Å². The van der Waals surface area contributed by atoms with E-state index >= 15 is 0 Å². The fraction of sp³-hybridized carbons (Fsp3) is 0.700. The first-order valence-corrected chi connectivity index (χ1v) is 9.18. The SMILES string of the molecule is CSCCC(O)S(C)(=N)(C=O)CC(N)C=C=O. The van der Waals surface area contributed by atoms with E-state index in [4.69, 9.17) is 10.5 Å². The molecule has 4 N–H and O–H groups in total. The predicted molar refractivity (Wildman–Crippen MR) is 74.9 cm³/mol. The summed E-state index contributed by atoms with van der Waals surface area (Å²) in [6, 6.07) is -0.717. The zero-order chi connectivity index (χ0) is 13.6. The molecule has 0 bridgehead atoms. The summed E-state index contributed by atoms with van der Waals surface area (Å²) in [5.41, 5.74) is 5.11. The summed E-state index contributed by atoms with van der Waals surface area (Å²) < 4.78 is 8.27. The van der Waals surface area contributed by atoms with Crippen LogP contribution in [0.5, 0.6) is 0 Å². The molecule has 2 unspecified atom stereocenters. The van der Waals surface area contributed by atoms with Gasteiger partial charge in [0.1, 0.15) is 5.94 Å². The Balaban J connectivity index is 4.99. The molecule has 0 fully saturated rings. The molecule has 2 atom stereocenters. The Labute approximate surface area is 106 Å². The van der Waals surface area contributed by atoms with E-state index in [1.165, 1.54) is 6.26 Å². The maximum absolute atomic E-state index is 11.2. The van der Waals surface area contributed by atoms with Gasteiger partial charge in [0.15, 0.2) is 5.62 Å². The van der Waals surface area contributed by atoms with Gasteiger partial charge in [-0.25, -0.2) is 4.79 Å². The second-order valence-corrected chi connectivity index (χ2v) is 9.94. The third kappa shape index (κ3) is 4.73. The van der Waals surface area contributed by atoms with Crippen molar-refractivity contribution in [1.82, 2.24) is 0 Å². The highest BCUT2D eigenvalue weighted by molar-refractivity contribution is 8.31. The molecule has 0 spiro atoms. The van der Waals surface area contributed by atoms with E-state index in [-0.39, 0.29) is 5.75 Å². The molecule has 5 nitrogen and oxygen atoms in total. The number of nitrogens with two attached hydrogens (primary N) is 1. The van der Waals surface area contributed by atoms with Gasteiger partial charge in [0.2, 0.25) is 0 Å². The summed E-state index contributed by atoms with van der Waals surface area (Å²) in [7, 11) is -3.40. The summed E-state index contributed by atoms with van der Waals surface area (Å²) in [5.74, 6) is 2.21. The van der Waals surface area contributed by atoms with Gasteiger partial charge in [-0.05, 0) is 24.7 Å². The van der Waals surface area contributed by atoms with Crippen molar-refractivity contribution in [3.63, 3.8) is 0 Å². The molecule has 0 amide bonds. The van der Waals surface area contributed by atoms with Crippen molar-refractivity contribution in [3.8, 4) is 0 Å². The number of carbonyl (C=O) groups excluding carboxylic acids is 2. The number of carbonyl (C=O) groups is 1. The highest BCUT2D eigenvalue weighted by Gasteiger charge is 2.36. The topological polar surface area (TPSA) is 104 Å². The minimum atomic E-state index is -3.40. The van der Waals surface area contributed by atoms with Crippen LogP contribution in [-0.2, 0) is 18.5 Å². The third-order valence-corrected chi connectivity index (χ3v) is 6.71. The molecule has 0 radical (unpaired) electrons. The summed E-state index contributed by atoms with van der Waals surface area (Å²) in [6.45, 7) is 0. The highest BCUT2D eigenvalue weighted by atomic mass is 32.3. The molecule has 0 aromatic rings. The van der Waals surface area contributed by atoms with Crippen LogP contribution in [0.1, 0.15) is 6.42 Å². The van der Waals surface area contributed by atoms with E-state index in [1.54, 1.807) is 17.7 Å². The Hall–Kier alpha value is -0.460. The van der Waals surface area contributed by atoms with E-state index < -0.39 is 20.4 Å². The van der Waals surface area contributed by atoms with Crippen LogP contribution >= 0.6 is 11.8 Å². The van der Waals surface area contributed by atoms with Crippen LogP contribution < -0.4 is 5.73 Å². The van der Waals surface area contributed by atoms with E-state index in [9.17, 15) is 14.7 Å². The van der Waals surface area contributed by atoms with E-state index in [0.717, 1.165) is 6.08 Å². The van der Waals surface area contributed by atoms with Crippen LogP contribution in [-0.4, -0.2) is 52.2 Å². The average molecular weight is 280 g/mol. The van der Waals surface area contributed by atoms with Crippen LogP contribution in [0.25, 0.3) is 0 Å². The Bertz CT molecular complexity index is 380. The lowest BCUT2D eigenvalue weighted by Gasteiger charge is -2.42. The Morgan fingerprint density at radius 1 is 1.65 bits per heavy atom. The molecule has 0 aromatic heterocycles. The molecule has 0 aliphatic carbocycles. The van der Waals surface area contributed by atoms with Gasteiger partial charge in [0.25, 0.3) is 0 Å². The van der Waals surface area contributed by atoms with Crippen LogP contribution in [0.2, 0.25) is 0 Å². The number of thioether (sulfide) groups is 1. The van der Waals surface area contributed by atoms with Gasteiger partial charge in [-0.2, -0.15) is 11.8 Å². The maximum atomic E-state index is 11.2. The molecule has 0 saturated heterocycles. The number of aliphatic hydroxyl groups is 1. The quantitative estimate of drug-likeness (QED) is 0.430. The normalized spacial score (nSPS) is 17.3. The second-order valence-electron chi connectivity index (χ2n) is 4.26. The van der Waals surface area contributed by atoms with Gasteiger partial charge in [0, 0.05) is 17.9 Å². The van der Waals surface area contributed by atoms with Crippen molar-refractivity contribution in [3.05, 3.63) is 6.08 Å². The van der Waals surface area contributed by atoms with Crippen molar-refractivity contribution in [2.24, 2.45) is 5.73 Å². The zero-order valence-corrected chi connectivity index (χ0v) is 11.7. The standard InChI is InChI=1S/C10H20N2O3S2/c1-16-6-4-10(15)17(2,12,8-14)7-9(11)3-5-13/h3,8-10,12,15H,4,6-7,11H2,1-2H3. The van der Waals surface area contributed by atoms with Gasteiger partial charge in [-0.15, -0.1) is 8.96 Å². The zero-order valence-electron chi connectivity index (χ0n) is 10.1.